The van der Waals surface area contributed by atoms with Crippen molar-refractivity contribution in [3.05, 3.63) is 47.8 Å². The van der Waals surface area contributed by atoms with Gasteiger partial charge >= 0.3 is 6.09 Å². The second-order valence-electron chi connectivity index (χ2n) is 7.91. The standard InChI is InChI=1S/C23H32N6O3S/c1-4-32-23(31)28-14-12-27(13-15-28)21(30)18(3)29-16-20(17(2)26-29)25-22(33)24-11-10-19-8-6-5-7-9-19/h5-9,16,18H,4,10-15H2,1-3H3,(H2,24,25,33). The van der Waals surface area contributed by atoms with Gasteiger partial charge in [-0.25, -0.2) is 4.79 Å². The fourth-order valence-corrected chi connectivity index (χ4v) is 3.85. The molecular weight excluding hydrogens is 440 g/mol. The van der Waals surface area contributed by atoms with Gasteiger partial charge in [0, 0.05) is 38.9 Å². The van der Waals surface area contributed by atoms with E-state index in [1.165, 1.54) is 5.56 Å². The van der Waals surface area contributed by atoms with E-state index in [0.717, 1.165) is 24.3 Å². The summed E-state index contributed by atoms with van der Waals surface area (Å²) < 4.78 is 6.69. The highest BCUT2D eigenvalue weighted by molar-refractivity contribution is 7.80. The number of thiocarbonyl (C=S) groups is 1. The molecule has 1 atom stereocenters. The molecule has 2 amide bonds. The maximum atomic E-state index is 13.0. The molecule has 2 N–H and O–H groups in total. The molecule has 33 heavy (non-hydrogen) atoms. The lowest BCUT2D eigenvalue weighted by Gasteiger charge is -2.35. The van der Waals surface area contributed by atoms with Crippen LogP contribution in [0.2, 0.25) is 0 Å². The van der Waals surface area contributed by atoms with Gasteiger partial charge in [-0.05, 0) is 45.0 Å². The van der Waals surface area contributed by atoms with Crippen LogP contribution in [0.1, 0.15) is 31.1 Å². The first kappa shape index (κ1) is 24.5. The van der Waals surface area contributed by atoms with Crippen molar-refractivity contribution in [3.63, 3.8) is 0 Å². The quantitative estimate of drug-likeness (QED) is 0.599. The highest BCUT2D eigenvalue weighted by Crippen LogP contribution is 2.18. The van der Waals surface area contributed by atoms with Gasteiger partial charge in [0.15, 0.2) is 5.11 Å². The summed E-state index contributed by atoms with van der Waals surface area (Å²) in [6.45, 7) is 8.42. The second-order valence-corrected chi connectivity index (χ2v) is 8.32. The van der Waals surface area contributed by atoms with Gasteiger partial charge < -0.3 is 25.2 Å². The van der Waals surface area contributed by atoms with E-state index in [0.29, 0.717) is 37.9 Å². The second kappa shape index (κ2) is 11.6. The van der Waals surface area contributed by atoms with Gasteiger partial charge in [-0.1, -0.05) is 30.3 Å². The summed E-state index contributed by atoms with van der Waals surface area (Å²) in [5.41, 5.74) is 2.76. The van der Waals surface area contributed by atoms with Crippen molar-refractivity contribution in [2.45, 2.75) is 33.2 Å². The fraction of sp³-hybridized carbons (Fsp3) is 0.478. The predicted octanol–water partition coefficient (Wildman–Crippen LogP) is 2.58. The number of nitrogens with one attached hydrogen (secondary N) is 2. The van der Waals surface area contributed by atoms with Gasteiger partial charge in [-0.2, -0.15) is 5.10 Å². The molecule has 9 nitrogen and oxygen atoms in total. The minimum Gasteiger partial charge on any atom is -0.450 e. The Morgan fingerprint density at radius 2 is 1.82 bits per heavy atom. The fourth-order valence-electron chi connectivity index (χ4n) is 3.64. The minimum atomic E-state index is -0.465. The number of carbonyl (C=O) groups excluding carboxylic acids is 2. The van der Waals surface area contributed by atoms with E-state index in [-0.39, 0.29) is 12.0 Å². The number of amides is 2. The topological polar surface area (TPSA) is 91.7 Å². The molecule has 1 aliphatic heterocycles. The molecule has 0 saturated carbocycles. The first-order chi connectivity index (χ1) is 15.9. The molecule has 178 valence electrons. The molecule has 1 fully saturated rings. The summed E-state index contributed by atoms with van der Waals surface area (Å²) in [7, 11) is 0. The van der Waals surface area contributed by atoms with E-state index in [9.17, 15) is 9.59 Å². The molecule has 1 aromatic heterocycles. The van der Waals surface area contributed by atoms with Crippen LogP contribution >= 0.6 is 12.2 Å². The molecule has 0 aliphatic carbocycles. The number of hydrogen-bond acceptors (Lipinski definition) is 5. The van der Waals surface area contributed by atoms with Crippen LogP contribution in [0.3, 0.4) is 0 Å². The summed E-state index contributed by atoms with van der Waals surface area (Å²) in [6.07, 6.45) is 2.35. The zero-order valence-electron chi connectivity index (χ0n) is 19.4. The predicted molar refractivity (Wildman–Crippen MR) is 131 cm³/mol. The van der Waals surface area contributed by atoms with Gasteiger partial charge in [0.25, 0.3) is 0 Å². The molecule has 0 radical (unpaired) electrons. The lowest BCUT2D eigenvalue weighted by molar-refractivity contribution is -0.136. The Bertz CT molecular complexity index is 956. The molecule has 0 spiro atoms. The van der Waals surface area contributed by atoms with Crippen LogP contribution in [0, 0.1) is 6.92 Å². The van der Waals surface area contributed by atoms with Crippen molar-refractivity contribution in [3.8, 4) is 0 Å². The van der Waals surface area contributed by atoms with Crippen molar-refractivity contribution < 1.29 is 14.3 Å². The number of hydrogen-bond donors (Lipinski definition) is 2. The normalized spacial score (nSPS) is 14.5. The third-order valence-corrected chi connectivity index (χ3v) is 5.82. The van der Waals surface area contributed by atoms with E-state index in [4.69, 9.17) is 17.0 Å². The molecule has 0 bridgehead atoms. The van der Waals surface area contributed by atoms with Crippen LogP contribution in [-0.2, 0) is 16.0 Å². The zero-order chi connectivity index (χ0) is 23.8. The molecule has 2 aromatic rings. The van der Waals surface area contributed by atoms with Crippen molar-refractivity contribution in [1.82, 2.24) is 24.9 Å². The average molecular weight is 473 g/mol. The van der Waals surface area contributed by atoms with E-state index in [1.54, 1.807) is 27.6 Å². The van der Waals surface area contributed by atoms with E-state index >= 15 is 0 Å². The molecule has 1 saturated heterocycles. The Hall–Kier alpha value is -3.14. The van der Waals surface area contributed by atoms with Crippen LogP contribution in [0.25, 0.3) is 0 Å². The Morgan fingerprint density at radius 1 is 1.15 bits per heavy atom. The van der Waals surface area contributed by atoms with Crippen LogP contribution in [0.4, 0.5) is 10.5 Å². The van der Waals surface area contributed by atoms with Crippen LogP contribution < -0.4 is 10.6 Å². The Balaban J connectivity index is 1.49. The smallest absolute Gasteiger partial charge is 0.409 e. The first-order valence-electron chi connectivity index (χ1n) is 11.2. The Morgan fingerprint density at radius 3 is 2.48 bits per heavy atom. The van der Waals surface area contributed by atoms with Crippen molar-refractivity contribution in [1.29, 1.82) is 0 Å². The molecule has 1 aliphatic rings. The Labute approximate surface area is 200 Å². The summed E-state index contributed by atoms with van der Waals surface area (Å²) >= 11 is 5.41. The minimum absolute atomic E-state index is 0.0314. The number of aromatic nitrogens is 2. The number of nitrogens with zero attached hydrogens (tertiary/aromatic N) is 4. The average Bonchev–Trinajstić information content (AvgIpc) is 3.19. The summed E-state index contributed by atoms with van der Waals surface area (Å²) in [5, 5.41) is 11.4. The molecule has 1 aromatic carbocycles. The number of carbonyl (C=O) groups is 2. The molecular formula is C23H32N6O3S. The molecule has 1 unspecified atom stereocenters. The van der Waals surface area contributed by atoms with Gasteiger partial charge in [0.05, 0.1) is 18.0 Å². The third kappa shape index (κ3) is 6.67. The molecule has 2 heterocycles. The molecule has 10 heteroatoms. The first-order valence-corrected chi connectivity index (χ1v) is 11.6. The SMILES string of the molecule is CCOC(=O)N1CCN(C(=O)C(C)n2cc(NC(=S)NCCc3ccccc3)c(C)n2)CC1. The lowest BCUT2D eigenvalue weighted by atomic mass is 10.1. The van der Waals surface area contributed by atoms with E-state index < -0.39 is 6.04 Å². The maximum Gasteiger partial charge on any atom is 0.409 e. The summed E-state index contributed by atoms with van der Waals surface area (Å²) in [5.74, 6) is -0.0314. The highest BCUT2D eigenvalue weighted by Gasteiger charge is 2.28. The van der Waals surface area contributed by atoms with Gasteiger partial charge in [-0.15, -0.1) is 0 Å². The van der Waals surface area contributed by atoms with Crippen LogP contribution in [0.15, 0.2) is 36.5 Å². The maximum absolute atomic E-state index is 13.0. The van der Waals surface area contributed by atoms with Gasteiger partial charge in [-0.3, -0.25) is 9.48 Å². The number of aryl methyl sites for hydroxylation is 1. The largest absolute Gasteiger partial charge is 0.450 e. The summed E-state index contributed by atoms with van der Waals surface area (Å²) in [4.78, 5) is 28.2. The van der Waals surface area contributed by atoms with Crippen molar-refractivity contribution in [2.24, 2.45) is 0 Å². The lowest BCUT2D eigenvalue weighted by Crippen LogP contribution is -2.52. The summed E-state index contributed by atoms with van der Waals surface area (Å²) in [6, 6.07) is 9.74. The molecule has 3 rings (SSSR count). The van der Waals surface area contributed by atoms with E-state index in [1.807, 2.05) is 32.0 Å². The third-order valence-electron chi connectivity index (χ3n) is 5.58. The van der Waals surface area contributed by atoms with Gasteiger partial charge in [0.2, 0.25) is 5.91 Å². The Kier molecular flexibility index (Phi) is 8.65. The highest BCUT2D eigenvalue weighted by atomic mass is 32.1. The van der Waals surface area contributed by atoms with Crippen molar-refractivity contribution in [2.75, 3.05) is 44.6 Å². The number of rotatable bonds is 7. The van der Waals surface area contributed by atoms with Crippen LogP contribution in [-0.4, -0.2) is 76.0 Å². The van der Waals surface area contributed by atoms with Gasteiger partial charge in [0.1, 0.15) is 6.04 Å². The zero-order valence-corrected chi connectivity index (χ0v) is 20.2. The number of benzene rings is 1. The van der Waals surface area contributed by atoms with Crippen LogP contribution in [0.5, 0.6) is 0 Å². The monoisotopic (exact) mass is 472 g/mol. The van der Waals surface area contributed by atoms with Crippen molar-refractivity contribution >= 4 is 35.0 Å². The number of piperazine rings is 1. The van der Waals surface area contributed by atoms with E-state index in [2.05, 4.69) is 27.9 Å². The number of anilines is 1. The number of ether oxygens (including phenoxy) is 1.